The first-order valence-corrected chi connectivity index (χ1v) is 9.33. The summed E-state index contributed by atoms with van der Waals surface area (Å²) in [5, 5.41) is 19.6. The summed E-state index contributed by atoms with van der Waals surface area (Å²) in [4.78, 5) is 0. The van der Waals surface area contributed by atoms with E-state index < -0.39 is 0 Å². The van der Waals surface area contributed by atoms with E-state index in [9.17, 15) is 10.2 Å². The summed E-state index contributed by atoms with van der Waals surface area (Å²) >= 11 is 0. The predicted molar refractivity (Wildman–Crippen MR) is 90.5 cm³/mol. The van der Waals surface area contributed by atoms with Crippen LogP contribution in [-0.4, -0.2) is 22.4 Å². The van der Waals surface area contributed by atoms with Crippen LogP contribution >= 0.6 is 0 Å². The lowest BCUT2D eigenvalue weighted by molar-refractivity contribution is 0.0125. The van der Waals surface area contributed by atoms with Crippen molar-refractivity contribution >= 4 is 0 Å². The molecule has 0 heterocycles. The summed E-state index contributed by atoms with van der Waals surface area (Å²) in [7, 11) is 0. The largest absolute Gasteiger partial charge is 0.393 e. The Hall–Kier alpha value is -0.0800. The molecular weight excluding hydrogens is 272 g/mol. The Morgan fingerprint density at radius 3 is 1.05 bits per heavy atom. The zero-order chi connectivity index (χ0) is 16.6. The molecule has 4 bridgehead atoms. The average molecular weight is 309 g/mol. The fourth-order valence-electron chi connectivity index (χ4n) is 6.32. The van der Waals surface area contributed by atoms with Crippen LogP contribution in [0.1, 0.15) is 80.1 Å². The van der Waals surface area contributed by atoms with Gasteiger partial charge in [-0.05, 0) is 72.0 Å². The van der Waals surface area contributed by atoms with Gasteiger partial charge in [-0.15, -0.1) is 0 Å². The number of rotatable bonds is 0. The van der Waals surface area contributed by atoms with Crippen molar-refractivity contribution in [2.45, 2.75) is 92.3 Å². The van der Waals surface area contributed by atoms with E-state index in [1.165, 1.54) is 25.7 Å². The third-order valence-electron chi connectivity index (χ3n) is 9.50. The molecule has 0 aliphatic heterocycles. The van der Waals surface area contributed by atoms with E-state index in [-0.39, 0.29) is 23.0 Å². The molecule has 2 N–H and O–H groups in total. The maximum absolute atomic E-state index is 9.81. The Balaban J connectivity index is 0.000000131. The van der Waals surface area contributed by atoms with Crippen molar-refractivity contribution in [1.29, 1.82) is 0 Å². The minimum atomic E-state index is -0.0313. The zero-order valence-corrected chi connectivity index (χ0v) is 15.4. The van der Waals surface area contributed by atoms with Crippen molar-refractivity contribution in [2.75, 3.05) is 0 Å². The molecule has 4 saturated carbocycles. The Bertz CT molecular complexity index is 413. The summed E-state index contributed by atoms with van der Waals surface area (Å²) in [5.74, 6) is 1.56. The van der Waals surface area contributed by atoms with Gasteiger partial charge in [0, 0.05) is 0 Å². The van der Waals surface area contributed by atoms with Gasteiger partial charge in [-0.25, -0.2) is 0 Å². The Morgan fingerprint density at radius 2 is 0.955 bits per heavy atom. The molecule has 4 fully saturated rings. The van der Waals surface area contributed by atoms with E-state index in [0.717, 1.165) is 24.7 Å². The fourth-order valence-corrected chi connectivity index (χ4v) is 6.32. The van der Waals surface area contributed by atoms with Crippen molar-refractivity contribution in [2.24, 2.45) is 33.5 Å². The zero-order valence-electron chi connectivity index (χ0n) is 15.4. The molecule has 128 valence electrons. The second-order valence-corrected chi connectivity index (χ2v) is 10.3. The highest BCUT2D eigenvalue weighted by Crippen LogP contribution is 2.66. The third kappa shape index (κ3) is 1.86. The fraction of sp³-hybridized carbons (Fsp3) is 1.00. The second-order valence-electron chi connectivity index (χ2n) is 10.3. The van der Waals surface area contributed by atoms with Crippen molar-refractivity contribution < 1.29 is 10.2 Å². The minimum Gasteiger partial charge on any atom is -0.393 e. The first kappa shape index (κ1) is 16.8. The van der Waals surface area contributed by atoms with E-state index in [4.69, 9.17) is 0 Å². The predicted octanol–water partition coefficient (Wildman–Crippen LogP) is 4.39. The van der Waals surface area contributed by atoms with Crippen LogP contribution in [0.4, 0.5) is 0 Å². The van der Waals surface area contributed by atoms with E-state index in [1.54, 1.807) is 0 Å². The van der Waals surface area contributed by atoms with Crippen molar-refractivity contribution in [3.63, 3.8) is 0 Å². The van der Waals surface area contributed by atoms with Crippen LogP contribution in [-0.2, 0) is 0 Å². The summed E-state index contributed by atoms with van der Waals surface area (Å²) in [6, 6.07) is 0. The number of aliphatic hydroxyl groups is 2. The molecule has 0 aromatic heterocycles. The van der Waals surface area contributed by atoms with Gasteiger partial charge >= 0.3 is 0 Å². The highest BCUT2D eigenvalue weighted by atomic mass is 16.3. The molecule has 0 amide bonds. The van der Waals surface area contributed by atoms with Gasteiger partial charge in [0.1, 0.15) is 0 Å². The molecule has 22 heavy (non-hydrogen) atoms. The van der Waals surface area contributed by atoms with E-state index >= 15 is 0 Å². The SMILES string of the molecule is CC1(C)C2CCC1(C)C(O)C2.CC1(C)[C@@H]2CC[C@]1(C)[C@@H](O)C2. The third-order valence-corrected chi connectivity index (χ3v) is 9.50. The second kappa shape index (κ2) is 4.72. The van der Waals surface area contributed by atoms with Gasteiger partial charge in [-0.1, -0.05) is 41.5 Å². The van der Waals surface area contributed by atoms with E-state index in [0.29, 0.717) is 10.8 Å². The lowest BCUT2D eigenvalue weighted by Gasteiger charge is -2.36. The van der Waals surface area contributed by atoms with Gasteiger partial charge in [-0.3, -0.25) is 0 Å². The van der Waals surface area contributed by atoms with Gasteiger partial charge in [0.15, 0.2) is 0 Å². The minimum absolute atomic E-state index is 0.0313. The van der Waals surface area contributed by atoms with Crippen LogP contribution in [0.25, 0.3) is 0 Å². The summed E-state index contributed by atoms with van der Waals surface area (Å²) < 4.78 is 0. The molecule has 6 atom stereocenters. The Morgan fingerprint density at radius 1 is 0.636 bits per heavy atom. The molecular formula is C20H36O2. The van der Waals surface area contributed by atoms with Gasteiger partial charge in [-0.2, -0.15) is 0 Å². The molecule has 0 aromatic rings. The highest BCUT2D eigenvalue weighted by molar-refractivity contribution is 5.11. The summed E-state index contributed by atoms with van der Waals surface area (Å²) in [6.45, 7) is 13.8. The van der Waals surface area contributed by atoms with E-state index in [1.807, 2.05) is 0 Å². The van der Waals surface area contributed by atoms with Crippen LogP contribution in [0, 0.1) is 33.5 Å². The smallest absolute Gasteiger partial charge is 0.0601 e. The molecule has 2 heteroatoms. The maximum atomic E-state index is 9.81. The monoisotopic (exact) mass is 308 g/mol. The van der Waals surface area contributed by atoms with Gasteiger partial charge in [0.25, 0.3) is 0 Å². The topological polar surface area (TPSA) is 40.5 Å². The average Bonchev–Trinajstić information content (AvgIpc) is 2.91. The number of aliphatic hydroxyl groups excluding tert-OH is 2. The molecule has 0 radical (unpaired) electrons. The van der Waals surface area contributed by atoms with Crippen molar-refractivity contribution in [1.82, 2.24) is 0 Å². The number of hydrogen-bond donors (Lipinski definition) is 2. The quantitative estimate of drug-likeness (QED) is 0.697. The van der Waals surface area contributed by atoms with E-state index in [2.05, 4.69) is 41.5 Å². The molecule has 4 aliphatic rings. The van der Waals surface area contributed by atoms with Gasteiger partial charge < -0.3 is 10.2 Å². The van der Waals surface area contributed by atoms with Crippen molar-refractivity contribution in [3.8, 4) is 0 Å². The maximum Gasteiger partial charge on any atom is 0.0601 e. The van der Waals surface area contributed by atoms with Crippen LogP contribution in [0.2, 0.25) is 0 Å². The van der Waals surface area contributed by atoms with Crippen LogP contribution < -0.4 is 0 Å². The lowest BCUT2D eigenvalue weighted by Crippen LogP contribution is -2.35. The Labute approximate surface area is 136 Å². The number of hydrogen-bond acceptors (Lipinski definition) is 2. The van der Waals surface area contributed by atoms with Crippen molar-refractivity contribution in [3.05, 3.63) is 0 Å². The van der Waals surface area contributed by atoms with Crippen LogP contribution in [0.3, 0.4) is 0 Å². The normalized spacial score (nSPS) is 53.5. The standard InChI is InChI=1S/2C10H18O/c2*1-9(2)7-4-5-10(9,3)8(11)6-7/h2*7-8,11H,4-6H2,1-3H3/t7-,8+,10-;/m1./s1. The first-order chi connectivity index (χ1) is 9.97. The molecule has 4 aliphatic carbocycles. The summed E-state index contributed by atoms with van der Waals surface area (Å²) in [6.07, 6.45) is 7.15. The molecule has 0 spiro atoms. The first-order valence-electron chi connectivity index (χ1n) is 9.33. The van der Waals surface area contributed by atoms with Crippen LogP contribution in [0.5, 0.6) is 0 Å². The van der Waals surface area contributed by atoms with Gasteiger partial charge in [0.05, 0.1) is 12.2 Å². The lowest BCUT2D eigenvalue weighted by atomic mass is 9.70. The highest BCUT2D eigenvalue weighted by Gasteiger charge is 2.61. The van der Waals surface area contributed by atoms with Gasteiger partial charge in [0.2, 0.25) is 0 Å². The Kier molecular flexibility index (Phi) is 3.60. The molecule has 0 aromatic carbocycles. The molecule has 2 nitrogen and oxygen atoms in total. The molecule has 0 saturated heterocycles. The number of fused-ring (bicyclic) bond motifs is 4. The summed E-state index contributed by atoms with van der Waals surface area (Å²) in [5.41, 5.74) is 1.20. The molecule has 4 rings (SSSR count). The molecule has 3 unspecified atom stereocenters. The van der Waals surface area contributed by atoms with Crippen LogP contribution in [0.15, 0.2) is 0 Å².